The molecule has 0 aliphatic carbocycles. The summed E-state index contributed by atoms with van der Waals surface area (Å²) in [5.41, 5.74) is 0.914. The minimum absolute atomic E-state index is 0.0468. The summed E-state index contributed by atoms with van der Waals surface area (Å²) in [6, 6.07) is 4.68. The van der Waals surface area contributed by atoms with Gasteiger partial charge >= 0.3 is 0 Å². The first-order valence-electron chi connectivity index (χ1n) is 5.47. The maximum absolute atomic E-state index is 11.1. The predicted octanol–water partition coefficient (Wildman–Crippen LogP) is 2.14. The number of aryl methyl sites for hydroxylation is 1. The topological polar surface area (TPSA) is 81.2 Å². The number of nitro benzene ring substituents is 1. The van der Waals surface area contributed by atoms with E-state index in [9.17, 15) is 15.2 Å². The third kappa shape index (κ3) is 2.10. The molecule has 0 unspecified atom stereocenters. The molecule has 0 aliphatic heterocycles. The van der Waals surface area contributed by atoms with Crippen LogP contribution in [0.2, 0.25) is 0 Å². The van der Waals surface area contributed by atoms with E-state index >= 15 is 0 Å². The van der Waals surface area contributed by atoms with E-state index in [0.29, 0.717) is 17.1 Å². The Morgan fingerprint density at radius 2 is 2.22 bits per heavy atom. The third-order valence-corrected chi connectivity index (χ3v) is 2.76. The van der Waals surface area contributed by atoms with E-state index in [1.807, 2.05) is 0 Å². The maximum Gasteiger partial charge on any atom is 0.293 e. The Kier molecular flexibility index (Phi) is 3.12. The fourth-order valence-electron chi connectivity index (χ4n) is 1.78. The number of imidazole rings is 1. The Bertz CT molecular complexity index is 590. The lowest BCUT2D eigenvalue weighted by molar-refractivity contribution is -0.384. The van der Waals surface area contributed by atoms with Crippen molar-refractivity contribution >= 4 is 5.69 Å². The SMILES string of the molecule is Cc1nccn1-c1ccc([C@@H](C)O)cc1[N+](=O)[O-]. The van der Waals surface area contributed by atoms with E-state index in [2.05, 4.69) is 4.98 Å². The highest BCUT2D eigenvalue weighted by molar-refractivity contribution is 5.55. The van der Waals surface area contributed by atoms with Crippen LogP contribution in [0.25, 0.3) is 5.69 Å². The molecule has 0 radical (unpaired) electrons. The van der Waals surface area contributed by atoms with E-state index in [-0.39, 0.29) is 5.69 Å². The van der Waals surface area contributed by atoms with Gasteiger partial charge in [0.25, 0.3) is 5.69 Å². The second-order valence-electron chi connectivity index (χ2n) is 4.03. The van der Waals surface area contributed by atoms with Gasteiger partial charge in [-0.2, -0.15) is 0 Å². The Balaban J connectivity index is 2.61. The van der Waals surface area contributed by atoms with Crippen LogP contribution < -0.4 is 0 Å². The van der Waals surface area contributed by atoms with Gasteiger partial charge in [0.05, 0.1) is 11.0 Å². The minimum Gasteiger partial charge on any atom is -0.389 e. The van der Waals surface area contributed by atoms with E-state index in [0.717, 1.165) is 0 Å². The molecule has 94 valence electrons. The van der Waals surface area contributed by atoms with Gasteiger partial charge in [-0.3, -0.25) is 14.7 Å². The van der Waals surface area contributed by atoms with Crippen LogP contribution in [-0.4, -0.2) is 19.6 Å². The monoisotopic (exact) mass is 247 g/mol. The molecular weight excluding hydrogens is 234 g/mol. The second kappa shape index (κ2) is 4.58. The quantitative estimate of drug-likeness (QED) is 0.665. The van der Waals surface area contributed by atoms with Crippen LogP contribution in [0.3, 0.4) is 0 Å². The summed E-state index contributed by atoms with van der Waals surface area (Å²) >= 11 is 0. The average molecular weight is 247 g/mol. The van der Waals surface area contributed by atoms with E-state index in [1.165, 1.54) is 6.07 Å². The Morgan fingerprint density at radius 3 is 2.72 bits per heavy atom. The zero-order chi connectivity index (χ0) is 13.3. The standard InChI is InChI=1S/C12H13N3O3/c1-8(16)10-3-4-11(12(7-10)15(17)18)14-6-5-13-9(14)2/h3-8,16H,1-2H3/t8-/m1/s1. The molecule has 0 fully saturated rings. The maximum atomic E-state index is 11.1. The molecule has 0 aliphatic rings. The number of nitrogens with zero attached hydrogens (tertiary/aromatic N) is 3. The number of hydrogen-bond acceptors (Lipinski definition) is 4. The number of aliphatic hydroxyl groups excluding tert-OH is 1. The minimum atomic E-state index is -0.735. The van der Waals surface area contributed by atoms with Gasteiger partial charge in [0.1, 0.15) is 11.5 Å². The van der Waals surface area contributed by atoms with Gasteiger partial charge in [0, 0.05) is 18.5 Å². The summed E-state index contributed by atoms with van der Waals surface area (Å²) in [7, 11) is 0. The number of aliphatic hydroxyl groups is 1. The largest absolute Gasteiger partial charge is 0.389 e. The molecule has 1 aromatic carbocycles. The highest BCUT2D eigenvalue weighted by Gasteiger charge is 2.18. The molecule has 1 heterocycles. The highest BCUT2D eigenvalue weighted by Crippen LogP contribution is 2.27. The fourth-order valence-corrected chi connectivity index (χ4v) is 1.78. The zero-order valence-corrected chi connectivity index (χ0v) is 10.1. The molecule has 0 bridgehead atoms. The van der Waals surface area contributed by atoms with Gasteiger partial charge in [-0.15, -0.1) is 0 Å². The molecule has 0 amide bonds. The summed E-state index contributed by atoms with van der Waals surface area (Å²) in [6.07, 6.45) is 2.52. The van der Waals surface area contributed by atoms with Crippen LogP contribution in [0, 0.1) is 17.0 Å². The molecule has 2 rings (SSSR count). The predicted molar refractivity (Wildman–Crippen MR) is 65.6 cm³/mol. The van der Waals surface area contributed by atoms with Crippen molar-refractivity contribution in [1.29, 1.82) is 0 Å². The summed E-state index contributed by atoms with van der Waals surface area (Å²) in [5.74, 6) is 0.669. The van der Waals surface area contributed by atoms with Crippen molar-refractivity contribution in [2.45, 2.75) is 20.0 Å². The zero-order valence-electron chi connectivity index (χ0n) is 10.1. The van der Waals surface area contributed by atoms with Gasteiger partial charge in [-0.1, -0.05) is 6.07 Å². The van der Waals surface area contributed by atoms with Gasteiger partial charge in [0.15, 0.2) is 0 Å². The first-order valence-corrected chi connectivity index (χ1v) is 5.47. The van der Waals surface area contributed by atoms with Crippen molar-refractivity contribution in [2.75, 3.05) is 0 Å². The van der Waals surface area contributed by atoms with Crippen LogP contribution >= 0.6 is 0 Å². The molecule has 1 aromatic heterocycles. The number of benzene rings is 1. The lowest BCUT2D eigenvalue weighted by Crippen LogP contribution is -2.03. The third-order valence-electron chi connectivity index (χ3n) is 2.76. The molecular formula is C12H13N3O3. The number of nitro groups is 1. The van der Waals surface area contributed by atoms with Gasteiger partial charge in [0.2, 0.25) is 0 Å². The molecule has 0 saturated heterocycles. The molecule has 0 saturated carbocycles. The number of hydrogen-bond donors (Lipinski definition) is 1. The van der Waals surface area contributed by atoms with Crippen LogP contribution in [0.1, 0.15) is 24.4 Å². The molecule has 6 heteroatoms. The van der Waals surface area contributed by atoms with Gasteiger partial charge in [-0.25, -0.2) is 4.98 Å². The van der Waals surface area contributed by atoms with E-state index < -0.39 is 11.0 Å². The van der Waals surface area contributed by atoms with E-state index in [4.69, 9.17) is 0 Å². The Morgan fingerprint density at radius 1 is 1.50 bits per heavy atom. The van der Waals surface area contributed by atoms with E-state index in [1.54, 1.807) is 42.9 Å². The molecule has 1 atom stereocenters. The molecule has 0 spiro atoms. The van der Waals surface area contributed by atoms with Crippen LogP contribution in [0.5, 0.6) is 0 Å². The summed E-state index contributed by atoms with van der Waals surface area (Å²) in [6.45, 7) is 3.34. The number of rotatable bonds is 3. The van der Waals surface area contributed by atoms with Crippen molar-refractivity contribution in [1.82, 2.24) is 9.55 Å². The van der Waals surface area contributed by atoms with Crippen molar-refractivity contribution < 1.29 is 10.0 Å². The second-order valence-corrected chi connectivity index (χ2v) is 4.03. The summed E-state index contributed by atoms with van der Waals surface area (Å²) < 4.78 is 1.64. The van der Waals surface area contributed by atoms with Gasteiger partial charge < -0.3 is 5.11 Å². The highest BCUT2D eigenvalue weighted by atomic mass is 16.6. The summed E-state index contributed by atoms with van der Waals surface area (Å²) in [5, 5.41) is 20.6. The van der Waals surface area contributed by atoms with Crippen LogP contribution in [0.4, 0.5) is 5.69 Å². The molecule has 2 aromatic rings. The van der Waals surface area contributed by atoms with Crippen molar-refractivity contribution in [3.05, 3.63) is 52.1 Å². The lowest BCUT2D eigenvalue weighted by atomic mass is 10.1. The fraction of sp³-hybridized carbons (Fsp3) is 0.250. The number of aromatic nitrogens is 2. The average Bonchev–Trinajstić information content (AvgIpc) is 2.74. The summed E-state index contributed by atoms with van der Waals surface area (Å²) in [4.78, 5) is 14.7. The normalized spacial score (nSPS) is 12.4. The van der Waals surface area contributed by atoms with Crippen molar-refractivity contribution in [2.24, 2.45) is 0 Å². The first-order chi connectivity index (χ1) is 8.50. The first kappa shape index (κ1) is 12.3. The van der Waals surface area contributed by atoms with Crippen molar-refractivity contribution in [3.8, 4) is 5.69 Å². The Labute approximate surface area is 104 Å². The molecule has 6 nitrogen and oxygen atoms in total. The van der Waals surface area contributed by atoms with Crippen LogP contribution in [-0.2, 0) is 0 Å². The smallest absolute Gasteiger partial charge is 0.293 e. The lowest BCUT2D eigenvalue weighted by Gasteiger charge is -2.09. The van der Waals surface area contributed by atoms with Crippen molar-refractivity contribution in [3.63, 3.8) is 0 Å². The van der Waals surface area contributed by atoms with Crippen LogP contribution in [0.15, 0.2) is 30.6 Å². The van der Waals surface area contributed by atoms with Gasteiger partial charge in [-0.05, 0) is 25.5 Å². The molecule has 18 heavy (non-hydrogen) atoms. The molecule has 1 N–H and O–H groups in total. The Hall–Kier alpha value is -2.21.